The maximum absolute atomic E-state index is 5.48. The molecule has 0 fully saturated rings. The van der Waals surface area contributed by atoms with Crippen molar-refractivity contribution in [3.8, 4) is 11.5 Å². The van der Waals surface area contributed by atoms with Crippen LogP contribution in [0.4, 0.5) is 0 Å². The lowest BCUT2D eigenvalue weighted by Crippen LogP contribution is -2.06. The Hall–Kier alpha value is -1.97. The Bertz CT molecular complexity index is 413. The van der Waals surface area contributed by atoms with Crippen LogP contribution < -0.4 is 9.47 Å². The molecular formula is C10H6NO3. The third-order valence-electron chi connectivity index (χ3n) is 1.95. The number of ether oxygens (including phenoxy) is 2. The molecule has 3 rings (SSSR count). The molecule has 1 aliphatic rings. The molecule has 0 N–H and O–H groups in total. The standard InChI is InChI=1S/C10H6NO3/c1-2-4-8-7(3-1)12-10(13-8)9-5-6-11-14-9/h1,3-6,10H. The minimum Gasteiger partial charge on any atom is -0.444 e. The minimum atomic E-state index is -0.525. The Morgan fingerprint density at radius 2 is 2.14 bits per heavy atom. The van der Waals surface area contributed by atoms with Crippen LogP contribution in [0, 0.1) is 6.07 Å². The van der Waals surface area contributed by atoms with Crippen molar-refractivity contribution in [2.24, 2.45) is 0 Å². The highest BCUT2D eigenvalue weighted by Crippen LogP contribution is 2.39. The predicted molar refractivity (Wildman–Crippen MR) is 45.8 cm³/mol. The monoisotopic (exact) mass is 188 g/mol. The van der Waals surface area contributed by atoms with Gasteiger partial charge in [-0.25, -0.2) is 0 Å². The second-order valence-corrected chi connectivity index (χ2v) is 2.86. The molecule has 1 aromatic heterocycles. The van der Waals surface area contributed by atoms with Crippen molar-refractivity contribution >= 4 is 0 Å². The van der Waals surface area contributed by atoms with Gasteiger partial charge in [-0.15, -0.1) is 0 Å². The van der Waals surface area contributed by atoms with Gasteiger partial charge < -0.3 is 14.0 Å². The summed E-state index contributed by atoms with van der Waals surface area (Å²) in [6.45, 7) is 0. The number of rotatable bonds is 1. The van der Waals surface area contributed by atoms with E-state index in [9.17, 15) is 0 Å². The maximum Gasteiger partial charge on any atom is 0.303 e. The van der Waals surface area contributed by atoms with Crippen LogP contribution in [0.1, 0.15) is 12.1 Å². The molecule has 2 aromatic rings. The molecule has 69 valence electrons. The van der Waals surface area contributed by atoms with E-state index >= 15 is 0 Å². The van der Waals surface area contributed by atoms with Gasteiger partial charge in [0.25, 0.3) is 0 Å². The quantitative estimate of drug-likeness (QED) is 0.686. The Labute approximate surface area is 80.0 Å². The molecule has 0 spiro atoms. The molecule has 0 saturated heterocycles. The highest BCUT2D eigenvalue weighted by molar-refractivity contribution is 5.41. The third kappa shape index (κ3) is 1.04. The van der Waals surface area contributed by atoms with Crippen LogP contribution in [0.25, 0.3) is 0 Å². The van der Waals surface area contributed by atoms with Gasteiger partial charge in [-0.2, -0.15) is 0 Å². The molecule has 4 heteroatoms. The van der Waals surface area contributed by atoms with E-state index in [1.54, 1.807) is 30.5 Å². The zero-order valence-electron chi connectivity index (χ0n) is 7.14. The van der Waals surface area contributed by atoms with E-state index in [-0.39, 0.29) is 0 Å². The van der Waals surface area contributed by atoms with Gasteiger partial charge in [0.2, 0.25) is 5.76 Å². The Kier molecular flexibility index (Phi) is 1.47. The normalized spacial score (nSPS) is 14.6. The molecule has 14 heavy (non-hydrogen) atoms. The van der Waals surface area contributed by atoms with Gasteiger partial charge in [-0.3, -0.25) is 0 Å². The predicted octanol–water partition coefficient (Wildman–Crippen LogP) is 1.94. The van der Waals surface area contributed by atoms with Gasteiger partial charge >= 0.3 is 6.29 Å². The summed E-state index contributed by atoms with van der Waals surface area (Å²) >= 11 is 0. The average molecular weight is 188 g/mol. The molecule has 1 aromatic carbocycles. The SMILES string of the molecule is [c]1ccc2c(c1)OC(c1ccno1)O2. The Balaban J connectivity index is 1.92. The van der Waals surface area contributed by atoms with Crippen molar-refractivity contribution in [3.63, 3.8) is 0 Å². The van der Waals surface area contributed by atoms with Crippen molar-refractivity contribution < 1.29 is 14.0 Å². The number of fused-ring (bicyclic) bond motifs is 1. The van der Waals surface area contributed by atoms with E-state index in [2.05, 4.69) is 11.2 Å². The van der Waals surface area contributed by atoms with Crippen LogP contribution in [-0.4, -0.2) is 5.16 Å². The topological polar surface area (TPSA) is 44.5 Å². The molecular weight excluding hydrogens is 182 g/mol. The fourth-order valence-corrected chi connectivity index (χ4v) is 1.31. The molecule has 4 nitrogen and oxygen atoms in total. The van der Waals surface area contributed by atoms with Crippen LogP contribution in [-0.2, 0) is 0 Å². The fraction of sp³-hybridized carbons (Fsp3) is 0.100. The van der Waals surface area contributed by atoms with Crippen molar-refractivity contribution in [3.05, 3.63) is 42.3 Å². The van der Waals surface area contributed by atoms with Crippen LogP contribution in [0.2, 0.25) is 0 Å². The molecule has 1 atom stereocenters. The van der Waals surface area contributed by atoms with E-state index in [1.165, 1.54) is 0 Å². The lowest BCUT2D eigenvalue weighted by Gasteiger charge is -2.04. The number of hydrogen-bond donors (Lipinski definition) is 0. The molecule has 1 aliphatic heterocycles. The summed E-state index contributed by atoms with van der Waals surface area (Å²) in [5, 5.41) is 3.59. The van der Waals surface area contributed by atoms with Crippen molar-refractivity contribution in [1.82, 2.24) is 5.16 Å². The second-order valence-electron chi connectivity index (χ2n) is 2.86. The lowest BCUT2D eigenvalue weighted by molar-refractivity contribution is 0.0235. The van der Waals surface area contributed by atoms with Crippen LogP contribution in [0.5, 0.6) is 11.5 Å². The molecule has 0 amide bonds. The molecule has 0 saturated carbocycles. The first-order valence-electron chi connectivity index (χ1n) is 4.17. The summed E-state index contributed by atoms with van der Waals surface area (Å²) < 4.78 is 15.9. The third-order valence-corrected chi connectivity index (χ3v) is 1.95. The first-order chi connectivity index (χ1) is 6.93. The van der Waals surface area contributed by atoms with Gasteiger partial charge in [-0.05, 0) is 18.2 Å². The molecule has 1 unspecified atom stereocenters. The Morgan fingerprint density at radius 3 is 2.93 bits per heavy atom. The van der Waals surface area contributed by atoms with Crippen molar-refractivity contribution in [1.29, 1.82) is 0 Å². The van der Waals surface area contributed by atoms with Crippen molar-refractivity contribution in [2.75, 3.05) is 0 Å². The zero-order valence-corrected chi connectivity index (χ0v) is 7.14. The fourth-order valence-electron chi connectivity index (χ4n) is 1.31. The highest BCUT2D eigenvalue weighted by atomic mass is 16.7. The Morgan fingerprint density at radius 1 is 1.21 bits per heavy atom. The highest BCUT2D eigenvalue weighted by Gasteiger charge is 2.27. The molecule has 0 bridgehead atoms. The summed E-state index contributed by atoms with van der Waals surface area (Å²) in [5.41, 5.74) is 0. The molecule has 2 heterocycles. The lowest BCUT2D eigenvalue weighted by atomic mass is 10.3. The largest absolute Gasteiger partial charge is 0.444 e. The van der Waals surface area contributed by atoms with Gasteiger partial charge in [0.15, 0.2) is 11.5 Å². The van der Waals surface area contributed by atoms with Crippen LogP contribution >= 0.6 is 0 Å². The summed E-state index contributed by atoms with van der Waals surface area (Å²) in [7, 11) is 0. The number of aromatic nitrogens is 1. The first kappa shape index (κ1) is 7.44. The van der Waals surface area contributed by atoms with E-state index in [1.807, 2.05) is 0 Å². The van der Waals surface area contributed by atoms with E-state index < -0.39 is 6.29 Å². The number of nitrogens with zero attached hydrogens (tertiary/aromatic N) is 1. The molecule has 0 aliphatic carbocycles. The number of benzene rings is 1. The number of hydrogen-bond acceptors (Lipinski definition) is 4. The summed E-state index contributed by atoms with van der Waals surface area (Å²) in [6.07, 6.45) is 1.03. The van der Waals surface area contributed by atoms with Crippen molar-refractivity contribution in [2.45, 2.75) is 6.29 Å². The summed E-state index contributed by atoms with van der Waals surface area (Å²) in [4.78, 5) is 0. The van der Waals surface area contributed by atoms with E-state index in [0.29, 0.717) is 17.3 Å². The van der Waals surface area contributed by atoms with Gasteiger partial charge in [0.05, 0.1) is 6.20 Å². The smallest absolute Gasteiger partial charge is 0.303 e. The maximum atomic E-state index is 5.48. The second kappa shape index (κ2) is 2.77. The van der Waals surface area contributed by atoms with Gasteiger partial charge in [-0.1, -0.05) is 11.2 Å². The first-order valence-corrected chi connectivity index (χ1v) is 4.17. The van der Waals surface area contributed by atoms with Gasteiger partial charge in [0.1, 0.15) is 0 Å². The van der Waals surface area contributed by atoms with Gasteiger partial charge in [0, 0.05) is 6.07 Å². The zero-order chi connectivity index (χ0) is 9.38. The summed E-state index contributed by atoms with van der Waals surface area (Å²) in [6, 6.07) is 9.91. The van der Waals surface area contributed by atoms with Crippen LogP contribution in [0.3, 0.4) is 0 Å². The van der Waals surface area contributed by atoms with E-state index in [4.69, 9.17) is 14.0 Å². The average Bonchev–Trinajstić information content (AvgIpc) is 2.86. The molecule has 1 radical (unpaired) electrons. The minimum absolute atomic E-state index is 0.525. The van der Waals surface area contributed by atoms with E-state index in [0.717, 1.165) is 0 Å². The van der Waals surface area contributed by atoms with Crippen LogP contribution in [0.15, 0.2) is 35.0 Å². The summed E-state index contributed by atoms with van der Waals surface area (Å²) in [5.74, 6) is 1.93.